The number of carbonyl (C=O) groups is 3. The van der Waals surface area contributed by atoms with Crippen LogP contribution in [0.4, 0.5) is 10.5 Å². The Morgan fingerprint density at radius 1 is 0.857 bits per heavy atom. The monoisotopic (exact) mass is 568 g/mol. The zero-order valence-corrected chi connectivity index (χ0v) is 24.0. The highest BCUT2D eigenvalue weighted by Crippen LogP contribution is 2.35. The second-order valence-corrected chi connectivity index (χ2v) is 11.1. The van der Waals surface area contributed by atoms with E-state index in [0.717, 1.165) is 16.8 Å². The van der Waals surface area contributed by atoms with E-state index in [1.54, 1.807) is 0 Å². The summed E-state index contributed by atoms with van der Waals surface area (Å²) in [5.41, 5.74) is 2.38. The highest BCUT2D eigenvalue weighted by Gasteiger charge is 2.53. The normalized spacial score (nSPS) is 18.0. The summed E-state index contributed by atoms with van der Waals surface area (Å²) in [6.45, 7) is 2.60. The van der Waals surface area contributed by atoms with E-state index in [2.05, 4.69) is 39.8 Å². The molecule has 2 N–H and O–H groups in total. The van der Waals surface area contributed by atoms with Gasteiger partial charge in [-0.2, -0.15) is 0 Å². The third-order valence-electron chi connectivity index (χ3n) is 8.39. The molecule has 0 bridgehead atoms. The lowest BCUT2D eigenvalue weighted by molar-refractivity contribution is -0.159. The number of nitrogens with one attached hydrogen (secondary N) is 2. The Morgan fingerprint density at radius 2 is 1.48 bits per heavy atom. The van der Waals surface area contributed by atoms with E-state index in [0.29, 0.717) is 64.7 Å². The molecule has 2 aliphatic heterocycles. The number of hydrogen-bond donors (Lipinski definition) is 2. The molecule has 2 heterocycles. The molecule has 0 aliphatic carbocycles. The maximum absolute atomic E-state index is 13.9. The second-order valence-electron chi connectivity index (χ2n) is 11.1. The number of piperidine rings is 1. The average Bonchev–Trinajstić information content (AvgIpc) is 3.04. The fourth-order valence-electron chi connectivity index (χ4n) is 5.99. The van der Waals surface area contributed by atoms with Crippen LogP contribution >= 0.6 is 0 Å². The van der Waals surface area contributed by atoms with Crippen molar-refractivity contribution in [3.05, 3.63) is 102 Å². The van der Waals surface area contributed by atoms with Crippen molar-refractivity contribution in [3.8, 4) is 0 Å². The summed E-state index contributed by atoms with van der Waals surface area (Å²) < 4.78 is 5.26. The van der Waals surface area contributed by atoms with Crippen molar-refractivity contribution in [2.24, 2.45) is 0 Å². The molecule has 3 aromatic carbocycles. The summed E-state index contributed by atoms with van der Waals surface area (Å²) in [7, 11) is 0. The molecule has 8 heteroatoms. The Morgan fingerprint density at radius 3 is 2.14 bits per heavy atom. The van der Waals surface area contributed by atoms with Gasteiger partial charge in [0.05, 0.1) is 0 Å². The van der Waals surface area contributed by atoms with E-state index in [1.165, 1.54) is 0 Å². The Kier molecular flexibility index (Phi) is 9.74. The van der Waals surface area contributed by atoms with E-state index in [-0.39, 0.29) is 18.4 Å². The number of carbonyl (C=O) groups excluding carboxylic acids is 3. The van der Waals surface area contributed by atoms with Gasteiger partial charge in [0.25, 0.3) is 0 Å². The van der Waals surface area contributed by atoms with Crippen LogP contribution in [0.3, 0.4) is 0 Å². The number of rotatable bonds is 11. The lowest BCUT2D eigenvalue weighted by atomic mass is 9.81. The predicted molar refractivity (Wildman–Crippen MR) is 163 cm³/mol. The highest BCUT2D eigenvalue weighted by molar-refractivity contribution is 6.00. The Hall–Kier alpha value is -4.33. The number of alkyl carbamates (subject to hydrolysis) is 1. The fraction of sp³-hybridized carbons (Fsp3) is 0.382. The first-order valence-corrected chi connectivity index (χ1v) is 15.0. The molecule has 220 valence electrons. The molecule has 5 rings (SSSR count). The summed E-state index contributed by atoms with van der Waals surface area (Å²) in [5, 5.41) is 5.86. The largest absolute Gasteiger partial charge is 0.445 e. The van der Waals surface area contributed by atoms with Crippen LogP contribution in [-0.2, 0) is 27.4 Å². The van der Waals surface area contributed by atoms with Crippen LogP contribution in [0, 0.1) is 0 Å². The number of para-hydroxylation sites is 1. The Labute approximate surface area is 248 Å². The standard InChI is InChI=1S/C34H40N4O4/c39-31-30(18-10-11-22-35-33(41)42-26-28-14-6-2-7-15-28)36-32(40)34(38(31)23-19-27-12-4-1-5-13-27)20-24-37(25-21-34)29-16-8-3-9-17-29/h1-9,12-17,30H,10-11,18-26H2,(H,35,41)(H,36,40). The van der Waals surface area contributed by atoms with Gasteiger partial charge in [0.15, 0.2) is 0 Å². The molecule has 0 radical (unpaired) electrons. The summed E-state index contributed by atoms with van der Waals surface area (Å²) in [5.74, 6) is -0.0515. The quantitative estimate of drug-likeness (QED) is 0.328. The molecule has 42 heavy (non-hydrogen) atoms. The zero-order valence-electron chi connectivity index (χ0n) is 24.0. The number of unbranched alkanes of at least 4 members (excludes halogenated alkanes) is 1. The van der Waals surface area contributed by atoms with Crippen LogP contribution in [0.15, 0.2) is 91.0 Å². The summed E-state index contributed by atoms with van der Waals surface area (Å²) in [4.78, 5) is 43.9. The molecule has 2 aliphatic rings. The molecule has 8 nitrogen and oxygen atoms in total. The first-order valence-electron chi connectivity index (χ1n) is 15.0. The van der Waals surface area contributed by atoms with Gasteiger partial charge in [0, 0.05) is 31.9 Å². The number of nitrogens with zero attached hydrogens (tertiary/aromatic N) is 2. The van der Waals surface area contributed by atoms with Gasteiger partial charge < -0.3 is 25.2 Å². The number of benzene rings is 3. The van der Waals surface area contributed by atoms with Crippen molar-refractivity contribution < 1.29 is 19.1 Å². The molecule has 2 fully saturated rings. The Balaban J connectivity index is 1.16. The maximum atomic E-state index is 13.9. The number of ether oxygens (including phenoxy) is 1. The minimum absolute atomic E-state index is 0.00563. The topological polar surface area (TPSA) is 91.0 Å². The van der Waals surface area contributed by atoms with E-state index in [4.69, 9.17) is 4.74 Å². The molecule has 3 aromatic rings. The van der Waals surface area contributed by atoms with Crippen LogP contribution in [0.2, 0.25) is 0 Å². The zero-order chi connectivity index (χ0) is 29.2. The minimum atomic E-state index is -0.836. The van der Waals surface area contributed by atoms with Gasteiger partial charge >= 0.3 is 6.09 Å². The lowest BCUT2D eigenvalue weighted by Gasteiger charge is -2.52. The van der Waals surface area contributed by atoms with Crippen LogP contribution in [0.1, 0.15) is 43.2 Å². The summed E-state index contributed by atoms with van der Waals surface area (Å²) in [6, 6.07) is 29.3. The summed E-state index contributed by atoms with van der Waals surface area (Å²) >= 11 is 0. The fourth-order valence-corrected chi connectivity index (χ4v) is 5.99. The number of anilines is 1. The van der Waals surface area contributed by atoms with E-state index < -0.39 is 17.7 Å². The molecule has 3 amide bonds. The number of amides is 3. The van der Waals surface area contributed by atoms with Crippen molar-refractivity contribution in [1.82, 2.24) is 15.5 Å². The van der Waals surface area contributed by atoms with Crippen LogP contribution in [-0.4, -0.2) is 60.6 Å². The number of piperazine rings is 1. The first kappa shape index (κ1) is 29.2. The molecule has 2 saturated heterocycles. The highest BCUT2D eigenvalue weighted by atomic mass is 16.5. The molecule has 1 atom stereocenters. The van der Waals surface area contributed by atoms with Gasteiger partial charge in [-0.1, -0.05) is 78.9 Å². The van der Waals surface area contributed by atoms with Crippen LogP contribution in [0.5, 0.6) is 0 Å². The predicted octanol–water partition coefficient (Wildman–Crippen LogP) is 4.69. The van der Waals surface area contributed by atoms with Crippen molar-refractivity contribution >= 4 is 23.6 Å². The van der Waals surface area contributed by atoms with E-state index >= 15 is 0 Å². The Bertz CT molecular complexity index is 1310. The maximum Gasteiger partial charge on any atom is 0.407 e. The average molecular weight is 569 g/mol. The number of hydrogen-bond acceptors (Lipinski definition) is 5. The van der Waals surface area contributed by atoms with Crippen molar-refractivity contribution in [2.45, 2.75) is 56.7 Å². The molecular formula is C34H40N4O4. The van der Waals surface area contributed by atoms with Gasteiger partial charge in [-0.15, -0.1) is 0 Å². The lowest BCUT2D eigenvalue weighted by Crippen LogP contribution is -2.73. The van der Waals surface area contributed by atoms with Gasteiger partial charge in [0.1, 0.15) is 18.2 Å². The van der Waals surface area contributed by atoms with Crippen molar-refractivity contribution in [2.75, 3.05) is 31.1 Å². The third-order valence-corrected chi connectivity index (χ3v) is 8.39. The van der Waals surface area contributed by atoms with Gasteiger partial charge in [-0.25, -0.2) is 4.79 Å². The van der Waals surface area contributed by atoms with Crippen LogP contribution in [0.25, 0.3) is 0 Å². The summed E-state index contributed by atoms with van der Waals surface area (Å²) in [6.07, 6.45) is 3.33. The molecule has 1 unspecified atom stereocenters. The third kappa shape index (κ3) is 7.11. The minimum Gasteiger partial charge on any atom is -0.445 e. The molecule has 0 aromatic heterocycles. The SMILES string of the molecule is O=C(NCCCCC1NC(=O)C2(CCN(c3ccccc3)CC2)N(CCc2ccccc2)C1=O)OCc1ccccc1. The van der Waals surface area contributed by atoms with Gasteiger partial charge in [-0.3, -0.25) is 9.59 Å². The second kappa shape index (κ2) is 14.0. The van der Waals surface area contributed by atoms with Gasteiger partial charge in [-0.05, 0) is 61.8 Å². The molecule has 0 saturated carbocycles. The van der Waals surface area contributed by atoms with Crippen molar-refractivity contribution in [1.29, 1.82) is 0 Å². The first-order chi connectivity index (χ1) is 20.5. The van der Waals surface area contributed by atoms with Crippen molar-refractivity contribution in [3.63, 3.8) is 0 Å². The molecular weight excluding hydrogens is 528 g/mol. The smallest absolute Gasteiger partial charge is 0.407 e. The van der Waals surface area contributed by atoms with Gasteiger partial charge in [0.2, 0.25) is 11.8 Å². The van der Waals surface area contributed by atoms with E-state index in [1.807, 2.05) is 71.6 Å². The van der Waals surface area contributed by atoms with Crippen LogP contribution < -0.4 is 15.5 Å². The van der Waals surface area contributed by atoms with E-state index in [9.17, 15) is 14.4 Å². The molecule has 1 spiro atoms.